The molecule has 1 unspecified atom stereocenters. The molecule has 0 aliphatic rings. The van der Waals surface area contributed by atoms with E-state index in [2.05, 4.69) is 6.58 Å². The summed E-state index contributed by atoms with van der Waals surface area (Å²) in [6.45, 7) is 7.96. The highest BCUT2D eigenvalue weighted by Gasteiger charge is 2.19. The molecule has 1 amide bonds. The summed E-state index contributed by atoms with van der Waals surface area (Å²) in [6, 6.07) is -0.0894. The molecule has 5 heteroatoms. The molecular formula is C11H20N2O3. The van der Waals surface area contributed by atoms with Gasteiger partial charge in [-0.3, -0.25) is 0 Å². The predicted octanol–water partition coefficient (Wildman–Crippen LogP) is 1.62. The van der Waals surface area contributed by atoms with Crippen LogP contribution in [0, 0.1) is 5.21 Å². The molecule has 0 heterocycles. The topological polar surface area (TPSA) is 55.6 Å². The highest BCUT2D eigenvalue weighted by molar-refractivity contribution is 5.69. The first-order valence-corrected chi connectivity index (χ1v) is 5.30. The molecule has 1 atom stereocenters. The van der Waals surface area contributed by atoms with Crippen molar-refractivity contribution < 1.29 is 14.3 Å². The van der Waals surface area contributed by atoms with Crippen LogP contribution in [0.2, 0.25) is 0 Å². The Hall–Kier alpha value is -1.52. The van der Waals surface area contributed by atoms with Crippen molar-refractivity contribution in [3.05, 3.63) is 17.9 Å². The zero-order chi connectivity index (χ0) is 12.6. The second-order valence-electron chi connectivity index (χ2n) is 3.45. The van der Waals surface area contributed by atoms with Crippen LogP contribution in [0.1, 0.15) is 20.3 Å². The molecule has 0 N–H and O–H groups in total. The Labute approximate surface area is 96.6 Å². The van der Waals surface area contributed by atoms with Gasteiger partial charge in [0.05, 0.1) is 6.61 Å². The second-order valence-corrected chi connectivity index (χ2v) is 3.45. The van der Waals surface area contributed by atoms with Crippen LogP contribution in [0.15, 0.2) is 12.7 Å². The van der Waals surface area contributed by atoms with E-state index in [1.54, 1.807) is 13.0 Å². The van der Waals surface area contributed by atoms with Gasteiger partial charge in [-0.15, -0.1) is 6.58 Å². The highest BCUT2D eigenvalue weighted by atomic mass is 16.6. The van der Waals surface area contributed by atoms with Crippen LogP contribution in [0.25, 0.3) is 0 Å². The van der Waals surface area contributed by atoms with E-state index in [0.29, 0.717) is 19.6 Å². The molecule has 0 saturated carbocycles. The van der Waals surface area contributed by atoms with Crippen molar-refractivity contribution in [2.75, 3.05) is 20.2 Å². The summed E-state index contributed by atoms with van der Waals surface area (Å²) in [6.07, 6.45) is 3.23. The van der Waals surface area contributed by atoms with Crippen molar-refractivity contribution >= 4 is 12.3 Å². The van der Waals surface area contributed by atoms with Crippen LogP contribution in [-0.4, -0.2) is 48.2 Å². The van der Waals surface area contributed by atoms with Crippen molar-refractivity contribution in [3.8, 4) is 0 Å². The average molecular weight is 228 g/mol. The minimum Gasteiger partial charge on any atom is -0.624 e. The summed E-state index contributed by atoms with van der Waals surface area (Å²) in [5, 5.41) is 10.7. The number of hydroxylamine groups is 1. The molecule has 0 saturated heterocycles. The van der Waals surface area contributed by atoms with Crippen molar-refractivity contribution in [3.63, 3.8) is 0 Å². The molecule has 92 valence electrons. The van der Waals surface area contributed by atoms with Gasteiger partial charge in [0.2, 0.25) is 0 Å². The fourth-order valence-electron chi connectivity index (χ4n) is 1.21. The van der Waals surface area contributed by atoms with Crippen LogP contribution in [-0.2, 0) is 4.74 Å². The lowest BCUT2D eigenvalue weighted by molar-refractivity contribution is -0.418. The van der Waals surface area contributed by atoms with E-state index in [1.807, 2.05) is 6.92 Å². The van der Waals surface area contributed by atoms with Gasteiger partial charge >= 0.3 is 6.09 Å². The predicted molar refractivity (Wildman–Crippen MR) is 63.6 cm³/mol. The van der Waals surface area contributed by atoms with Crippen LogP contribution < -0.4 is 0 Å². The first kappa shape index (κ1) is 14.5. The Morgan fingerprint density at radius 1 is 1.69 bits per heavy atom. The van der Waals surface area contributed by atoms with E-state index >= 15 is 0 Å². The molecule has 0 aliphatic heterocycles. The smallest absolute Gasteiger partial charge is 0.410 e. The number of rotatable bonds is 6. The Bertz CT molecular complexity index is 260. The first-order valence-electron chi connectivity index (χ1n) is 5.30. The van der Waals surface area contributed by atoms with Crippen LogP contribution in [0.4, 0.5) is 4.79 Å². The molecular weight excluding hydrogens is 208 g/mol. The summed E-state index contributed by atoms with van der Waals surface area (Å²) in [7, 11) is 1.41. The van der Waals surface area contributed by atoms with Crippen LogP contribution in [0.3, 0.4) is 0 Å². The Balaban J connectivity index is 4.44. The van der Waals surface area contributed by atoms with Gasteiger partial charge in [0, 0.05) is 19.0 Å². The van der Waals surface area contributed by atoms with Crippen molar-refractivity contribution in [1.82, 2.24) is 4.90 Å². The number of amides is 1. The molecule has 0 fully saturated rings. The third-order valence-corrected chi connectivity index (χ3v) is 2.06. The summed E-state index contributed by atoms with van der Waals surface area (Å²) < 4.78 is 5.65. The minimum atomic E-state index is -0.378. The number of nitrogens with zero attached hydrogens (tertiary/aromatic N) is 2. The van der Waals surface area contributed by atoms with E-state index in [1.165, 1.54) is 18.2 Å². The molecule has 16 heavy (non-hydrogen) atoms. The van der Waals surface area contributed by atoms with E-state index in [-0.39, 0.29) is 12.1 Å². The Kier molecular flexibility index (Phi) is 7.00. The quantitative estimate of drug-likeness (QED) is 0.228. The summed E-state index contributed by atoms with van der Waals surface area (Å²) in [5.41, 5.74) is 0. The van der Waals surface area contributed by atoms with Gasteiger partial charge < -0.3 is 14.8 Å². The fourth-order valence-corrected chi connectivity index (χ4v) is 1.21. The number of carbonyl (C=O) groups excluding carboxylic acids is 1. The van der Waals surface area contributed by atoms with E-state index in [4.69, 9.17) is 4.74 Å². The molecule has 0 rings (SSSR count). The van der Waals surface area contributed by atoms with Crippen molar-refractivity contribution in [2.45, 2.75) is 26.3 Å². The number of ether oxygens (including phenoxy) is 1. The lowest BCUT2D eigenvalue weighted by atomic mass is 10.2. The standard InChI is InChI=1S/C11H20N2O3/c1-5-8-13(11(14)16-6-2)10(3)7-9-12(4)15/h5,9-10H,1,6-8H2,2-4H3/b12-9-. The maximum Gasteiger partial charge on any atom is 0.410 e. The minimum absolute atomic E-state index is 0.0894. The summed E-state index contributed by atoms with van der Waals surface area (Å²) in [5.74, 6) is 0. The maximum atomic E-state index is 11.6. The van der Waals surface area contributed by atoms with Crippen molar-refractivity contribution in [2.24, 2.45) is 0 Å². The first-order chi connectivity index (χ1) is 7.52. The largest absolute Gasteiger partial charge is 0.624 e. The summed E-state index contributed by atoms with van der Waals surface area (Å²) >= 11 is 0. The molecule has 0 aliphatic carbocycles. The number of hydrogen-bond donors (Lipinski definition) is 0. The third kappa shape index (κ3) is 5.38. The highest BCUT2D eigenvalue weighted by Crippen LogP contribution is 2.05. The monoisotopic (exact) mass is 228 g/mol. The van der Waals surface area contributed by atoms with Gasteiger partial charge in [0.1, 0.15) is 7.05 Å². The van der Waals surface area contributed by atoms with Gasteiger partial charge in [0.15, 0.2) is 6.21 Å². The molecule has 0 aromatic rings. The van der Waals surface area contributed by atoms with Gasteiger partial charge in [-0.1, -0.05) is 6.08 Å². The molecule has 0 aromatic heterocycles. The van der Waals surface area contributed by atoms with Crippen molar-refractivity contribution in [1.29, 1.82) is 0 Å². The molecule has 0 bridgehead atoms. The van der Waals surface area contributed by atoms with Crippen LogP contribution in [0.5, 0.6) is 0 Å². The van der Waals surface area contributed by atoms with Gasteiger partial charge in [-0.05, 0) is 13.8 Å². The number of carbonyl (C=O) groups is 1. The normalized spacial score (nSPS) is 13.1. The molecule has 5 nitrogen and oxygen atoms in total. The zero-order valence-electron chi connectivity index (χ0n) is 10.2. The Morgan fingerprint density at radius 2 is 2.31 bits per heavy atom. The average Bonchev–Trinajstić information content (AvgIpc) is 2.22. The molecule has 0 spiro atoms. The fraction of sp³-hybridized carbons (Fsp3) is 0.636. The lowest BCUT2D eigenvalue weighted by Gasteiger charge is -2.25. The second kappa shape index (κ2) is 7.73. The molecule has 0 aromatic carbocycles. The summed E-state index contributed by atoms with van der Waals surface area (Å²) in [4.78, 5) is 13.1. The van der Waals surface area contributed by atoms with E-state index < -0.39 is 0 Å². The maximum absolute atomic E-state index is 11.6. The van der Waals surface area contributed by atoms with Gasteiger partial charge in [-0.25, -0.2) is 9.53 Å². The van der Waals surface area contributed by atoms with Gasteiger partial charge in [-0.2, -0.15) is 0 Å². The van der Waals surface area contributed by atoms with Gasteiger partial charge in [0.25, 0.3) is 0 Å². The SMILES string of the molecule is C=CCN(C(=O)OCC)C(C)C/C=[N+](/C)[O-]. The lowest BCUT2D eigenvalue weighted by Crippen LogP contribution is -2.39. The van der Waals surface area contributed by atoms with E-state index in [0.717, 1.165) is 4.74 Å². The van der Waals surface area contributed by atoms with E-state index in [9.17, 15) is 10.0 Å². The Morgan fingerprint density at radius 3 is 2.75 bits per heavy atom. The molecule has 0 radical (unpaired) electrons. The van der Waals surface area contributed by atoms with Crippen LogP contribution >= 0.6 is 0 Å². The third-order valence-electron chi connectivity index (χ3n) is 2.06. The number of hydrogen-bond acceptors (Lipinski definition) is 3. The zero-order valence-corrected chi connectivity index (χ0v) is 10.2.